The highest BCUT2D eigenvalue weighted by atomic mass is 79.9. The lowest BCUT2D eigenvalue weighted by Gasteiger charge is -2.11. The number of esters is 1. The second kappa shape index (κ2) is 7.53. The minimum atomic E-state index is -0.254. The lowest BCUT2D eigenvalue weighted by atomic mass is 10.1. The van der Waals surface area contributed by atoms with Crippen molar-refractivity contribution in [2.45, 2.75) is 20.0 Å². The van der Waals surface area contributed by atoms with Gasteiger partial charge >= 0.3 is 5.97 Å². The van der Waals surface area contributed by atoms with Crippen LogP contribution < -0.4 is 4.74 Å². The second-order valence-corrected chi connectivity index (χ2v) is 6.15. The van der Waals surface area contributed by atoms with Gasteiger partial charge in [0.05, 0.1) is 23.8 Å². The molecule has 3 rings (SSSR count). The van der Waals surface area contributed by atoms with E-state index in [0.717, 1.165) is 26.6 Å². The van der Waals surface area contributed by atoms with Gasteiger partial charge in [0.2, 0.25) is 0 Å². The minimum Gasteiger partial charge on any atom is -0.489 e. The number of benzene rings is 2. The number of ether oxygens (including phenoxy) is 2. The first-order valence-corrected chi connectivity index (χ1v) is 8.48. The largest absolute Gasteiger partial charge is 0.489 e. The molecule has 124 valence electrons. The normalized spacial score (nSPS) is 10.8. The van der Waals surface area contributed by atoms with Gasteiger partial charge < -0.3 is 13.9 Å². The van der Waals surface area contributed by atoms with Gasteiger partial charge in [-0.2, -0.15) is 0 Å². The zero-order valence-electron chi connectivity index (χ0n) is 13.3. The first-order valence-electron chi connectivity index (χ1n) is 7.69. The molecule has 0 aliphatic rings. The summed E-state index contributed by atoms with van der Waals surface area (Å²) in [6.45, 7) is 2.57. The van der Waals surface area contributed by atoms with Crippen LogP contribution in [0.1, 0.15) is 18.1 Å². The number of furan rings is 1. The molecule has 5 heteroatoms. The first kappa shape index (κ1) is 16.6. The smallest absolute Gasteiger partial charge is 0.310 e. The summed E-state index contributed by atoms with van der Waals surface area (Å²) in [6, 6.07) is 13.4. The fourth-order valence-corrected chi connectivity index (χ4v) is 3.12. The molecular weight excluding hydrogens is 372 g/mol. The second-order valence-electron chi connectivity index (χ2n) is 5.29. The zero-order valence-corrected chi connectivity index (χ0v) is 14.8. The van der Waals surface area contributed by atoms with E-state index in [2.05, 4.69) is 15.9 Å². The Morgan fingerprint density at radius 2 is 2.04 bits per heavy atom. The van der Waals surface area contributed by atoms with Gasteiger partial charge in [0.1, 0.15) is 17.9 Å². The number of fused-ring (bicyclic) bond motifs is 1. The van der Waals surface area contributed by atoms with Crippen molar-refractivity contribution in [2.75, 3.05) is 6.61 Å². The van der Waals surface area contributed by atoms with Crippen LogP contribution in [0.4, 0.5) is 0 Å². The van der Waals surface area contributed by atoms with Gasteiger partial charge in [0.25, 0.3) is 0 Å². The van der Waals surface area contributed by atoms with Crippen molar-refractivity contribution >= 4 is 32.9 Å². The molecule has 3 aromatic rings. The van der Waals surface area contributed by atoms with E-state index in [1.54, 1.807) is 13.2 Å². The van der Waals surface area contributed by atoms with Crippen LogP contribution in [0.15, 0.2) is 57.6 Å². The van der Waals surface area contributed by atoms with E-state index < -0.39 is 0 Å². The summed E-state index contributed by atoms with van der Waals surface area (Å²) < 4.78 is 17.2. The van der Waals surface area contributed by atoms with Crippen LogP contribution in [-0.2, 0) is 22.6 Å². The zero-order chi connectivity index (χ0) is 16.9. The van der Waals surface area contributed by atoms with E-state index in [9.17, 15) is 4.79 Å². The van der Waals surface area contributed by atoms with Crippen molar-refractivity contribution in [1.29, 1.82) is 0 Å². The third-order valence-electron chi connectivity index (χ3n) is 3.57. The van der Waals surface area contributed by atoms with E-state index in [4.69, 9.17) is 13.9 Å². The number of carbonyl (C=O) groups is 1. The van der Waals surface area contributed by atoms with Crippen LogP contribution >= 0.6 is 15.9 Å². The van der Waals surface area contributed by atoms with Crippen LogP contribution in [0.5, 0.6) is 5.75 Å². The molecule has 0 radical (unpaired) electrons. The summed E-state index contributed by atoms with van der Waals surface area (Å²) >= 11 is 3.51. The van der Waals surface area contributed by atoms with Crippen LogP contribution in [0.2, 0.25) is 0 Å². The number of hydrogen-bond acceptors (Lipinski definition) is 4. The van der Waals surface area contributed by atoms with Crippen LogP contribution in [0.3, 0.4) is 0 Å². The summed E-state index contributed by atoms with van der Waals surface area (Å²) in [5.41, 5.74) is 2.66. The molecule has 1 aromatic heterocycles. The van der Waals surface area contributed by atoms with Crippen LogP contribution in [-0.4, -0.2) is 12.6 Å². The molecule has 0 saturated carbocycles. The Bertz CT molecular complexity index is 853. The Balaban J connectivity index is 1.75. The van der Waals surface area contributed by atoms with Gasteiger partial charge in [-0.25, -0.2) is 0 Å². The molecule has 0 N–H and O–H groups in total. The summed E-state index contributed by atoms with van der Waals surface area (Å²) in [7, 11) is 0. The summed E-state index contributed by atoms with van der Waals surface area (Å²) in [6.07, 6.45) is 1.86. The van der Waals surface area contributed by atoms with E-state index in [1.165, 1.54) is 0 Å². The van der Waals surface area contributed by atoms with Crippen LogP contribution in [0, 0.1) is 0 Å². The fourth-order valence-electron chi connectivity index (χ4n) is 2.50. The molecule has 4 nitrogen and oxygen atoms in total. The molecule has 2 aromatic carbocycles. The Morgan fingerprint density at radius 1 is 1.21 bits per heavy atom. The molecule has 0 spiro atoms. The highest BCUT2D eigenvalue weighted by Crippen LogP contribution is 2.28. The predicted octanol–water partition coefficient (Wildman–Crippen LogP) is 4.88. The van der Waals surface area contributed by atoms with Gasteiger partial charge in [-0.1, -0.05) is 18.2 Å². The van der Waals surface area contributed by atoms with E-state index in [1.807, 2.05) is 42.5 Å². The predicted molar refractivity (Wildman–Crippen MR) is 95.0 cm³/mol. The maximum Gasteiger partial charge on any atom is 0.310 e. The Labute approximate surface area is 148 Å². The maximum atomic E-state index is 11.7. The Kier molecular flexibility index (Phi) is 5.20. The van der Waals surface area contributed by atoms with E-state index in [0.29, 0.717) is 19.0 Å². The standard InChI is InChI=1S/C19H17BrO4/c1-2-22-18(21)11-14-5-3-4-6-17(14)24-12-13-9-15-7-8-23-19(15)16(20)10-13/h3-10H,2,11-12H2,1H3. The molecule has 0 aliphatic heterocycles. The van der Waals surface area contributed by atoms with Gasteiger partial charge in [-0.15, -0.1) is 0 Å². The summed E-state index contributed by atoms with van der Waals surface area (Å²) in [5.74, 6) is 0.435. The number of para-hydroxylation sites is 1. The van der Waals surface area contributed by atoms with Gasteiger partial charge in [0.15, 0.2) is 0 Å². The van der Waals surface area contributed by atoms with E-state index >= 15 is 0 Å². The molecule has 0 saturated heterocycles. The van der Waals surface area contributed by atoms with E-state index in [-0.39, 0.29) is 12.4 Å². The Morgan fingerprint density at radius 3 is 2.88 bits per heavy atom. The third-order valence-corrected chi connectivity index (χ3v) is 4.16. The monoisotopic (exact) mass is 388 g/mol. The highest BCUT2D eigenvalue weighted by molar-refractivity contribution is 9.10. The number of carbonyl (C=O) groups excluding carboxylic acids is 1. The van der Waals surface area contributed by atoms with Gasteiger partial charge in [-0.3, -0.25) is 4.79 Å². The topological polar surface area (TPSA) is 48.7 Å². The fraction of sp³-hybridized carbons (Fsp3) is 0.211. The van der Waals surface area contributed by atoms with Crippen molar-refractivity contribution in [3.63, 3.8) is 0 Å². The average molecular weight is 389 g/mol. The molecular formula is C19H17BrO4. The lowest BCUT2D eigenvalue weighted by Crippen LogP contribution is -2.09. The quantitative estimate of drug-likeness (QED) is 0.564. The van der Waals surface area contributed by atoms with Crippen molar-refractivity contribution in [1.82, 2.24) is 0 Å². The molecule has 1 heterocycles. The molecule has 0 fully saturated rings. The highest BCUT2D eigenvalue weighted by Gasteiger charge is 2.10. The first-order chi connectivity index (χ1) is 11.7. The molecule has 0 atom stereocenters. The average Bonchev–Trinajstić information content (AvgIpc) is 3.03. The molecule has 0 amide bonds. The molecule has 0 bridgehead atoms. The SMILES string of the molecule is CCOC(=O)Cc1ccccc1OCc1cc(Br)c2occc2c1. The molecule has 0 aliphatic carbocycles. The Hall–Kier alpha value is -2.27. The van der Waals surface area contributed by atoms with Crippen molar-refractivity contribution in [3.05, 3.63) is 64.3 Å². The number of halogens is 1. The maximum absolute atomic E-state index is 11.7. The molecule has 24 heavy (non-hydrogen) atoms. The molecule has 0 unspecified atom stereocenters. The van der Waals surface area contributed by atoms with Crippen molar-refractivity contribution < 1.29 is 18.7 Å². The summed E-state index contributed by atoms with van der Waals surface area (Å²) in [4.78, 5) is 11.7. The number of rotatable bonds is 6. The van der Waals surface area contributed by atoms with Crippen molar-refractivity contribution in [2.24, 2.45) is 0 Å². The van der Waals surface area contributed by atoms with Gasteiger partial charge in [-0.05, 0) is 52.7 Å². The minimum absolute atomic E-state index is 0.203. The van der Waals surface area contributed by atoms with Crippen molar-refractivity contribution in [3.8, 4) is 5.75 Å². The third kappa shape index (κ3) is 3.79. The van der Waals surface area contributed by atoms with Crippen LogP contribution in [0.25, 0.3) is 11.0 Å². The lowest BCUT2D eigenvalue weighted by molar-refractivity contribution is -0.142. The van der Waals surface area contributed by atoms with Gasteiger partial charge in [0, 0.05) is 10.9 Å². The number of hydrogen-bond donors (Lipinski definition) is 0. The summed E-state index contributed by atoms with van der Waals surface area (Å²) in [5, 5.41) is 1.02.